The van der Waals surface area contributed by atoms with Crippen molar-refractivity contribution in [3.05, 3.63) is 41.2 Å². The lowest BCUT2D eigenvalue weighted by atomic mass is 9.98. The van der Waals surface area contributed by atoms with Gasteiger partial charge in [0, 0.05) is 11.8 Å². The normalized spacial score (nSPS) is 10.6. The maximum Gasteiger partial charge on any atom is 0.344 e. The Morgan fingerprint density at radius 1 is 1.24 bits per heavy atom. The Balaban J connectivity index is 1.83. The van der Waals surface area contributed by atoms with E-state index in [4.69, 9.17) is 14.0 Å². The van der Waals surface area contributed by atoms with Crippen molar-refractivity contribution >= 4 is 17.6 Å². The maximum absolute atomic E-state index is 12.1. The molecule has 1 heterocycles. The van der Waals surface area contributed by atoms with Crippen LogP contribution in [-0.2, 0) is 14.3 Å². The molecule has 0 saturated carbocycles. The van der Waals surface area contributed by atoms with E-state index in [-0.39, 0.29) is 25.0 Å². The minimum Gasteiger partial charge on any atom is -0.463 e. The molecule has 1 amide bonds. The number of aryl methyl sites for hydroxylation is 2. The number of nitrogens with one attached hydrogen (secondary N) is 1. The summed E-state index contributed by atoms with van der Waals surface area (Å²) >= 11 is 0. The smallest absolute Gasteiger partial charge is 0.344 e. The quantitative estimate of drug-likeness (QED) is 0.775. The van der Waals surface area contributed by atoms with E-state index < -0.39 is 11.9 Å². The van der Waals surface area contributed by atoms with Crippen molar-refractivity contribution in [1.29, 1.82) is 0 Å². The van der Waals surface area contributed by atoms with Gasteiger partial charge in [0.25, 0.3) is 11.8 Å². The first kappa shape index (κ1) is 18.5. The predicted molar refractivity (Wildman–Crippen MR) is 91.6 cm³/mol. The van der Waals surface area contributed by atoms with Crippen molar-refractivity contribution in [3.63, 3.8) is 0 Å². The number of anilines is 1. The van der Waals surface area contributed by atoms with Gasteiger partial charge in [0.1, 0.15) is 5.76 Å². The zero-order valence-electron chi connectivity index (χ0n) is 14.8. The highest BCUT2D eigenvalue weighted by atomic mass is 16.6. The number of nitrogens with zero attached hydrogens (tertiary/aromatic N) is 1. The molecular weight excluding hydrogens is 324 g/mol. The molecule has 25 heavy (non-hydrogen) atoms. The molecule has 0 bridgehead atoms. The Morgan fingerprint density at radius 3 is 2.64 bits per heavy atom. The number of rotatable bonds is 7. The summed E-state index contributed by atoms with van der Waals surface area (Å²) in [5.74, 6) is -0.0362. The summed E-state index contributed by atoms with van der Waals surface area (Å²) in [5.41, 5.74) is 2.74. The number of para-hydroxylation sites is 1. The zero-order valence-corrected chi connectivity index (χ0v) is 14.8. The van der Waals surface area contributed by atoms with Crippen LogP contribution in [0.25, 0.3) is 0 Å². The summed E-state index contributed by atoms with van der Waals surface area (Å²) in [6.07, 6.45) is 0. The van der Waals surface area contributed by atoms with E-state index in [0.29, 0.717) is 5.76 Å². The van der Waals surface area contributed by atoms with Crippen molar-refractivity contribution in [2.75, 3.05) is 18.5 Å². The van der Waals surface area contributed by atoms with Crippen LogP contribution in [0.1, 0.15) is 36.7 Å². The SMILES string of the molecule is Cc1cc(OCC(=O)OCC(=O)Nc2c(C)cccc2C(C)C)no1. The van der Waals surface area contributed by atoms with E-state index in [2.05, 4.69) is 10.5 Å². The first-order valence-electron chi connectivity index (χ1n) is 7.98. The fourth-order valence-electron chi connectivity index (χ4n) is 2.25. The second kappa shape index (κ2) is 8.32. The van der Waals surface area contributed by atoms with E-state index in [1.165, 1.54) is 0 Å². The third kappa shape index (κ3) is 5.34. The van der Waals surface area contributed by atoms with Gasteiger partial charge in [-0.05, 0) is 36.0 Å². The van der Waals surface area contributed by atoms with Gasteiger partial charge in [-0.15, -0.1) is 0 Å². The molecular formula is C18H22N2O5. The largest absolute Gasteiger partial charge is 0.463 e. The first-order chi connectivity index (χ1) is 11.9. The van der Waals surface area contributed by atoms with E-state index in [0.717, 1.165) is 16.8 Å². The zero-order chi connectivity index (χ0) is 18.4. The maximum atomic E-state index is 12.1. The topological polar surface area (TPSA) is 90.7 Å². The van der Waals surface area contributed by atoms with E-state index in [1.807, 2.05) is 39.0 Å². The highest BCUT2D eigenvalue weighted by Crippen LogP contribution is 2.27. The number of ether oxygens (including phenoxy) is 2. The summed E-state index contributed by atoms with van der Waals surface area (Å²) < 4.78 is 14.8. The van der Waals surface area contributed by atoms with Crippen molar-refractivity contribution in [2.45, 2.75) is 33.6 Å². The second-order valence-electron chi connectivity index (χ2n) is 5.97. The Labute approximate surface area is 146 Å². The lowest BCUT2D eigenvalue weighted by Crippen LogP contribution is -2.24. The lowest BCUT2D eigenvalue weighted by molar-refractivity contribution is -0.149. The highest BCUT2D eigenvalue weighted by molar-refractivity contribution is 5.94. The Hall–Kier alpha value is -2.83. The molecule has 0 radical (unpaired) electrons. The molecule has 1 aromatic carbocycles. The van der Waals surface area contributed by atoms with Crippen LogP contribution < -0.4 is 10.1 Å². The fraction of sp³-hybridized carbons (Fsp3) is 0.389. The Bertz CT molecular complexity index is 752. The van der Waals surface area contributed by atoms with Crippen LogP contribution in [0.15, 0.2) is 28.8 Å². The Morgan fingerprint density at radius 2 is 2.00 bits per heavy atom. The van der Waals surface area contributed by atoms with Crippen LogP contribution in [0.2, 0.25) is 0 Å². The van der Waals surface area contributed by atoms with E-state index in [1.54, 1.807) is 13.0 Å². The molecule has 0 aliphatic carbocycles. The summed E-state index contributed by atoms with van der Waals surface area (Å²) in [6, 6.07) is 7.38. The molecule has 7 nitrogen and oxygen atoms in total. The number of carbonyl (C=O) groups is 2. The van der Waals surface area contributed by atoms with Crippen LogP contribution in [-0.4, -0.2) is 30.2 Å². The van der Waals surface area contributed by atoms with Gasteiger partial charge < -0.3 is 19.3 Å². The van der Waals surface area contributed by atoms with Crippen molar-refractivity contribution in [1.82, 2.24) is 5.16 Å². The third-order valence-corrected chi connectivity index (χ3v) is 3.50. The van der Waals surface area contributed by atoms with Gasteiger partial charge in [0.05, 0.1) is 0 Å². The molecule has 0 unspecified atom stereocenters. The molecule has 0 aliphatic heterocycles. The standard InChI is InChI=1S/C18H22N2O5/c1-11(2)14-7-5-6-12(3)18(14)19-15(21)9-24-17(22)10-23-16-8-13(4)25-20-16/h5-8,11H,9-10H2,1-4H3,(H,19,21). The van der Waals surface area contributed by atoms with Crippen molar-refractivity contribution < 1.29 is 23.6 Å². The molecule has 134 valence electrons. The third-order valence-electron chi connectivity index (χ3n) is 3.50. The fourth-order valence-corrected chi connectivity index (χ4v) is 2.25. The summed E-state index contributed by atoms with van der Waals surface area (Å²) in [5, 5.41) is 6.40. The number of hydrogen-bond acceptors (Lipinski definition) is 6. The first-order valence-corrected chi connectivity index (χ1v) is 7.98. The molecule has 0 aliphatic rings. The Kier molecular flexibility index (Phi) is 6.16. The number of benzene rings is 1. The molecule has 1 aromatic heterocycles. The van der Waals surface area contributed by atoms with E-state index in [9.17, 15) is 9.59 Å². The molecule has 1 N–H and O–H groups in total. The second-order valence-corrected chi connectivity index (χ2v) is 5.97. The summed E-state index contributed by atoms with van der Waals surface area (Å²) in [4.78, 5) is 23.7. The van der Waals surface area contributed by atoms with Crippen LogP contribution >= 0.6 is 0 Å². The number of hydrogen-bond donors (Lipinski definition) is 1. The highest BCUT2D eigenvalue weighted by Gasteiger charge is 2.14. The van der Waals surface area contributed by atoms with Crippen LogP contribution in [0, 0.1) is 13.8 Å². The summed E-state index contributed by atoms with van der Waals surface area (Å²) in [6.45, 7) is 6.99. The molecule has 0 saturated heterocycles. The minimum atomic E-state index is -0.662. The van der Waals surface area contributed by atoms with Gasteiger partial charge in [0.2, 0.25) is 0 Å². The van der Waals surface area contributed by atoms with Gasteiger partial charge in [-0.2, -0.15) is 0 Å². The molecule has 2 aromatic rings. The molecule has 2 rings (SSSR count). The molecule has 0 fully saturated rings. The number of esters is 1. The molecule has 0 spiro atoms. The van der Waals surface area contributed by atoms with Gasteiger partial charge in [-0.1, -0.05) is 32.0 Å². The summed E-state index contributed by atoms with van der Waals surface area (Å²) in [7, 11) is 0. The van der Waals surface area contributed by atoms with Gasteiger partial charge in [-0.25, -0.2) is 4.79 Å². The number of carbonyl (C=O) groups excluding carboxylic acids is 2. The van der Waals surface area contributed by atoms with Gasteiger partial charge >= 0.3 is 5.97 Å². The minimum absolute atomic E-state index is 0.195. The molecule has 7 heteroatoms. The van der Waals surface area contributed by atoms with Gasteiger partial charge in [0.15, 0.2) is 13.2 Å². The van der Waals surface area contributed by atoms with Crippen molar-refractivity contribution in [3.8, 4) is 5.88 Å². The predicted octanol–water partition coefficient (Wildman–Crippen LogP) is 2.98. The van der Waals surface area contributed by atoms with E-state index >= 15 is 0 Å². The van der Waals surface area contributed by atoms with Crippen LogP contribution in [0.4, 0.5) is 5.69 Å². The number of amides is 1. The average Bonchev–Trinajstić information content (AvgIpc) is 2.98. The monoisotopic (exact) mass is 346 g/mol. The lowest BCUT2D eigenvalue weighted by Gasteiger charge is -2.16. The average molecular weight is 346 g/mol. The van der Waals surface area contributed by atoms with Crippen molar-refractivity contribution in [2.24, 2.45) is 0 Å². The van der Waals surface area contributed by atoms with Gasteiger partial charge in [-0.3, -0.25) is 4.79 Å². The number of aromatic nitrogens is 1. The molecule has 0 atom stereocenters. The van der Waals surface area contributed by atoms with Crippen LogP contribution in [0.5, 0.6) is 5.88 Å². The van der Waals surface area contributed by atoms with Crippen LogP contribution in [0.3, 0.4) is 0 Å².